The van der Waals surface area contributed by atoms with Crippen molar-refractivity contribution in [3.05, 3.63) is 70.0 Å². The van der Waals surface area contributed by atoms with Crippen LogP contribution in [-0.4, -0.2) is 51.8 Å². The Morgan fingerprint density at radius 1 is 1.29 bits per heavy atom. The van der Waals surface area contributed by atoms with Crippen molar-refractivity contribution in [2.75, 3.05) is 18.4 Å². The second kappa shape index (κ2) is 8.94. The zero-order chi connectivity index (χ0) is 22.6. The van der Waals surface area contributed by atoms with Gasteiger partial charge in [0.25, 0.3) is 5.69 Å². The quantitative estimate of drug-likeness (QED) is 0.388. The van der Waals surface area contributed by atoms with Crippen LogP contribution >= 0.6 is 0 Å². The number of alkyl halides is 1. The molecule has 1 aliphatic heterocycles. The summed E-state index contributed by atoms with van der Waals surface area (Å²) in [6.45, 7) is -1.22. The predicted molar refractivity (Wildman–Crippen MR) is 105 cm³/mol. The molecule has 1 heterocycles. The molecule has 2 aromatic rings. The molecule has 3 rings (SSSR count). The van der Waals surface area contributed by atoms with Crippen LogP contribution in [-0.2, 0) is 16.1 Å². The van der Waals surface area contributed by atoms with Gasteiger partial charge < -0.3 is 15.2 Å². The molecule has 2 N–H and O–H groups in total. The number of hydrogen-bond acceptors (Lipinski definition) is 6. The molecule has 1 aliphatic rings. The lowest BCUT2D eigenvalue weighted by Crippen LogP contribution is -2.57. The van der Waals surface area contributed by atoms with Gasteiger partial charge in [-0.1, -0.05) is 30.3 Å². The largest absolute Gasteiger partial charge is 0.465 e. The van der Waals surface area contributed by atoms with Crippen molar-refractivity contribution in [3.63, 3.8) is 0 Å². The van der Waals surface area contributed by atoms with Gasteiger partial charge >= 0.3 is 12.1 Å². The topological polar surface area (TPSA) is 122 Å². The summed E-state index contributed by atoms with van der Waals surface area (Å²) < 4.78 is 32.9. The number of halogens is 2. The van der Waals surface area contributed by atoms with E-state index in [1.807, 2.05) is 0 Å². The van der Waals surface area contributed by atoms with E-state index in [4.69, 9.17) is 4.74 Å². The van der Waals surface area contributed by atoms with E-state index < -0.39 is 59.7 Å². The molecule has 164 valence electrons. The highest BCUT2D eigenvalue weighted by molar-refractivity contribution is 5.87. The zero-order valence-corrected chi connectivity index (χ0v) is 16.2. The standard InChI is InChI=1S/C20H19F2N3O6/c21-14-6-7-16(17(8-14)25(29)30)23-12-20(9-15(22)10-24(20)19(27)28)18(26)31-11-13-4-2-1-3-5-13/h1-8,15,23H,9-12H2,(H,27,28)/t15?,20-/m0/s1. The Hall–Kier alpha value is -3.76. The monoisotopic (exact) mass is 435 g/mol. The van der Waals surface area contributed by atoms with Crippen molar-refractivity contribution in [3.8, 4) is 0 Å². The molecular weight excluding hydrogens is 416 g/mol. The highest BCUT2D eigenvalue weighted by Gasteiger charge is 2.55. The van der Waals surface area contributed by atoms with Crippen molar-refractivity contribution in [2.45, 2.75) is 24.7 Å². The normalized spacial score (nSPS) is 20.3. The fourth-order valence-electron chi connectivity index (χ4n) is 3.51. The first-order chi connectivity index (χ1) is 14.7. The fraction of sp³-hybridized carbons (Fsp3) is 0.300. The van der Waals surface area contributed by atoms with Crippen LogP contribution < -0.4 is 5.32 Å². The Morgan fingerprint density at radius 3 is 2.65 bits per heavy atom. The number of anilines is 1. The number of rotatable bonds is 7. The van der Waals surface area contributed by atoms with E-state index in [0.29, 0.717) is 16.5 Å². The van der Waals surface area contributed by atoms with Crippen LogP contribution in [0.2, 0.25) is 0 Å². The molecular formula is C20H19F2N3O6. The third-order valence-electron chi connectivity index (χ3n) is 5.01. The van der Waals surface area contributed by atoms with Crippen LogP contribution in [0, 0.1) is 15.9 Å². The van der Waals surface area contributed by atoms with Crippen LogP contribution in [0.25, 0.3) is 0 Å². The van der Waals surface area contributed by atoms with Gasteiger partial charge in [0.1, 0.15) is 24.3 Å². The molecule has 2 aromatic carbocycles. The molecule has 1 amide bonds. The molecule has 1 unspecified atom stereocenters. The maximum Gasteiger partial charge on any atom is 0.408 e. The van der Waals surface area contributed by atoms with Gasteiger partial charge in [0, 0.05) is 13.0 Å². The van der Waals surface area contributed by atoms with Crippen LogP contribution in [0.4, 0.5) is 25.0 Å². The van der Waals surface area contributed by atoms with E-state index in [9.17, 15) is 33.6 Å². The Bertz CT molecular complexity index is 990. The van der Waals surface area contributed by atoms with Crippen LogP contribution in [0.3, 0.4) is 0 Å². The Balaban J connectivity index is 1.87. The molecule has 0 aromatic heterocycles. The molecule has 11 heteroatoms. The Morgan fingerprint density at radius 2 is 2.00 bits per heavy atom. The summed E-state index contributed by atoms with van der Waals surface area (Å²) in [5, 5.41) is 23.4. The van der Waals surface area contributed by atoms with Gasteiger partial charge in [0.15, 0.2) is 5.54 Å². The van der Waals surface area contributed by atoms with Crippen LogP contribution in [0.1, 0.15) is 12.0 Å². The molecule has 2 atom stereocenters. The lowest BCUT2D eigenvalue weighted by Gasteiger charge is -2.34. The number of nitro groups is 1. The predicted octanol–water partition coefficient (Wildman–Crippen LogP) is 3.35. The fourth-order valence-corrected chi connectivity index (χ4v) is 3.51. The molecule has 0 aliphatic carbocycles. The molecule has 9 nitrogen and oxygen atoms in total. The van der Waals surface area contributed by atoms with Crippen molar-refractivity contribution < 1.29 is 33.1 Å². The first-order valence-corrected chi connectivity index (χ1v) is 9.26. The number of carbonyl (C=O) groups excluding carboxylic acids is 1. The number of likely N-dealkylation sites (tertiary alicyclic amines) is 1. The van der Waals surface area contributed by atoms with Gasteiger partial charge in [-0.3, -0.25) is 15.0 Å². The van der Waals surface area contributed by atoms with E-state index >= 15 is 0 Å². The lowest BCUT2D eigenvalue weighted by molar-refractivity contribution is -0.384. The molecule has 31 heavy (non-hydrogen) atoms. The average molecular weight is 435 g/mol. The number of hydrogen-bond donors (Lipinski definition) is 2. The van der Waals surface area contributed by atoms with Crippen LogP contribution in [0.15, 0.2) is 48.5 Å². The summed E-state index contributed by atoms with van der Waals surface area (Å²) in [5.74, 6) is -1.83. The maximum atomic E-state index is 14.2. The lowest BCUT2D eigenvalue weighted by atomic mass is 9.95. The second-order valence-electron chi connectivity index (χ2n) is 7.06. The van der Waals surface area contributed by atoms with E-state index in [2.05, 4.69) is 5.32 Å². The number of nitro benzene ring substituents is 1. The van der Waals surface area contributed by atoms with E-state index in [1.54, 1.807) is 30.3 Å². The summed E-state index contributed by atoms with van der Waals surface area (Å²) in [6, 6.07) is 11.4. The van der Waals surface area contributed by atoms with Gasteiger partial charge in [-0.05, 0) is 17.7 Å². The highest BCUT2D eigenvalue weighted by atomic mass is 19.1. The van der Waals surface area contributed by atoms with Crippen LogP contribution in [0.5, 0.6) is 0 Å². The van der Waals surface area contributed by atoms with Gasteiger partial charge in [-0.2, -0.15) is 0 Å². The van der Waals surface area contributed by atoms with Gasteiger partial charge in [-0.15, -0.1) is 0 Å². The van der Waals surface area contributed by atoms with Crippen molar-refractivity contribution in [2.24, 2.45) is 0 Å². The smallest absolute Gasteiger partial charge is 0.408 e. The second-order valence-corrected chi connectivity index (χ2v) is 7.06. The number of carbonyl (C=O) groups is 2. The molecule has 0 spiro atoms. The summed E-state index contributed by atoms with van der Waals surface area (Å²) >= 11 is 0. The number of ether oxygens (including phenoxy) is 1. The van der Waals surface area contributed by atoms with Gasteiger partial charge in [0.2, 0.25) is 0 Å². The zero-order valence-electron chi connectivity index (χ0n) is 16.2. The number of benzene rings is 2. The number of carboxylic acid groups (broad SMARTS) is 1. The number of esters is 1. The van der Waals surface area contributed by atoms with Crippen molar-refractivity contribution in [1.82, 2.24) is 4.90 Å². The third-order valence-corrected chi connectivity index (χ3v) is 5.01. The molecule has 0 bridgehead atoms. The molecule has 0 radical (unpaired) electrons. The first-order valence-electron chi connectivity index (χ1n) is 9.26. The summed E-state index contributed by atoms with van der Waals surface area (Å²) in [4.78, 5) is 35.7. The minimum absolute atomic E-state index is 0.144. The molecule has 1 fully saturated rings. The average Bonchev–Trinajstić information content (AvgIpc) is 3.09. The number of nitrogens with zero attached hydrogens (tertiary/aromatic N) is 2. The Kier molecular flexibility index (Phi) is 6.33. The van der Waals surface area contributed by atoms with Crippen molar-refractivity contribution in [1.29, 1.82) is 0 Å². The van der Waals surface area contributed by atoms with Gasteiger partial charge in [0.05, 0.1) is 17.5 Å². The van der Waals surface area contributed by atoms with Crippen molar-refractivity contribution >= 4 is 23.4 Å². The minimum Gasteiger partial charge on any atom is -0.465 e. The van der Waals surface area contributed by atoms with E-state index in [0.717, 1.165) is 12.1 Å². The summed E-state index contributed by atoms with van der Waals surface area (Å²) in [6.07, 6.45) is -3.66. The minimum atomic E-state index is -1.96. The van der Waals surface area contributed by atoms with Gasteiger partial charge in [-0.25, -0.2) is 18.4 Å². The number of amides is 1. The Labute approximate surface area is 175 Å². The SMILES string of the molecule is O=C(O)N1CC(F)C[C@]1(CNc1ccc(F)cc1[N+](=O)[O-])C(=O)OCc1ccccc1. The number of nitrogens with one attached hydrogen (secondary N) is 1. The van der Waals surface area contributed by atoms with E-state index in [-0.39, 0.29) is 12.3 Å². The molecule has 1 saturated heterocycles. The van der Waals surface area contributed by atoms with E-state index in [1.165, 1.54) is 0 Å². The maximum absolute atomic E-state index is 14.2. The molecule has 0 saturated carbocycles. The third kappa shape index (κ3) is 4.71. The highest BCUT2D eigenvalue weighted by Crippen LogP contribution is 2.35. The first kappa shape index (κ1) is 21.9. The summed E-state index contributed by atoms with van der Waals surface area (Å²) in [5.41, 5.74) is -2.06. The summed E-state index contributed by atoms with van der Waals surface area (Å²) in [7, 11) is 0.